The summed E-state index contributed by atoms with van der Waals surface area (Å²) in [5.74, 6) is 1.72. The molecule has 3 rings (SSSR count). The van der Waals surface area contributed by atoms with Crippen molar-refractivity contribution in [3.63, 3.8) is 0 Å². The van der Waals surface area contributed by atoms with Gasteiger partial charge < -0.3 is 14.8 Å². The predicted molar refractivity (Wildman–Crippen MR) is 97.3 cm³/mol. The van der Waals surface area contributed by atoms with Gasteiger partial charge >= 0.3 is 0 Å². The van der Waals surface area contributed by atoms with Crippen LogP contribution in [0.25, 0.3) is 0 Å². The molecule has 2 amide bonds. The highest BCUT2D eigenvalue weighted by Gasteiger charge is 2.28. The van der Waals surface area contributed by atoms with Gasteiger partial charge in [-0.3, -0.25) is 9.59 Å². The van der Waals surface area contributed by atoms with Gasteiger partial charge in [-0.05, 0) is 18.9 Å². The minimum absolute atomic E-state index is 0.0330. The first-order chi connectivity index (χ1) is 12.5. The number of nitrogens with one attached hydrogen (secondary N) is 1. The van der Waals surface area contributed by atoms with E-state index in [1.165, 1.54) is 12.5 Å². The Balaban J connectivity index is 1.62. The lowest BCUT2D eigenvalue weighted by Gasteiger charge is -2.32. The van der Waals surface area contributed by atoms with Crippen LogP contribution in [0, 0.1) is 0 Å². The molecule has 1 aromatic carbocycles. The zero-order chi connectivity index (χ0) is 18.5. The Morgan fingerprint density at radius 2 is 1.96 bits per heavy atom. The molecule has 26 heavy (non-hydrogen) atoms. The third-order valence-electron chi connectivity index (χ3n) is 4.64. The topological polar surface area (TPSA) is 80.1 Å². The van der Waals surface area contributed by atoms with Gasteiger partial charge in [-0.25, -0.2) is 0 Å². The molecule has 1 N–H and O–H groups in total. The number of amides is 2. The molecule has 0 spiro atoms. The van der Waals surface area contributed by atoms with Crippen molar-refractivity contribution in [1.29, 1.82) is 0 Å². The highest BCUT2D eigenvalue weighted by Crippen LogP contribution is 2.22. The summed E-state index contributed by atoms with van der Waals surface area (Å²) in [6.45, 7) is 5.02. The fourth-order valence-electron chi connectivity index (χ4n) is 3.38. The summed E-state index contributed by atoms with van der Waals surface area (Å²) in [6, 6.07) is 10.5. The molecule has 1 aliphatic rings. The summed E-state index contributed by atoms with van der Waals surface area (Å²) in [6.07, 6.45) is 2.06. The quantitative estimate of drug-likeness (QED) is 0.851. The number of fused-ring (bicyclic) bond motifs is 1. The Morgan fingerprint density at radius 3 is 2.69 bits per heavy atom. The molecule has 0 saturated heterocycles. The van der Waals surface area contributed by atoms with E-state index >= 15 is 0 Å². The molecule has 1 atom stereocenters. The van der Waals surface area contributed by atoms with Crippen LogP contribution in [-0.4, -0.2) is 44.6 Å². The minimum Gasteiger partial charge on any atom is -0.356 e. The van der Waals surface area contributed by atoms with E-state index in [0.29, 0.717) is 26.1 Å². The normalized spacial score (nSPS) is 16.2. The molecule has 0 fully saturated rings. The molecule has 0 unspecified atom stereocenters. The Hall–Kier alpha value is -2.70. The van der Waals surface area contributed by atoms with Gasteiger partial charge in [0.1, 0.15) is 5.82 Å². The fraction of sp³-hybridized carbons (Fsp3) is 0.474. The third-order valence-corrected chi connectivity index (χ3v) is 4.64. The molecule has 0 radical (unpaired) electrons. The Morgan fingerprint density at radius 1 is 1.19 bits per heavy atom. The minimum atomic E-state index is -0.118. The summed E-state index contributed by atoms with van der Waals surface area (Å²) in [4.78, 5) is 25.1. The van der Waals surface area contributed by atoms with Crippen LogP contribution < -0.4 is 5.32 Å². The molecule has 0 saturated carbocycles. The van der Waals surface area contributed by atoms with E-state index in [9.17, 15) is 9.59 Å². The average Bonchev–Trinajstić information content (AvgIpc) is 3.04. The lowest BCUT2D eigenvalue weighted by atomic mass is 10.1. The first kappa shape index (κ1) is 18.1. The predicted octanol–water partition coefficient (Wildman–Crippen LogP) is 1.49. The van der Waals surface area contributed by atoms with Crippen molar-refractivity contribution in [2.24, 2.45) is 0 Å². The van der Waals surface area contributed by atoms with Crippen molar-refractivity contribution in [3.05, 3.63) is 47.5 Å². The van der Waals surface area contributed by atoms with Crippen molar-refractivity contribution in [1.82, 2.24) is 25.0 Å². The molecule has 0 bridgehead atoms. The highest BCUT2D eigenvalue weighted by atomic mass is 16.2. The van der Waals surface area contributed by atoms with Crippen LogP contribution in [0.4, 0.5) is 0 Å². The zero-order valence-electron chi connectivity index (χ0n) is 15.3. The number of hydrogen-bond acceptors (Lipinski definition) is 4. The highest BCUT2D eigenvalue weighted by molar-refractivity contribution is 5.78. The van der Waals surface area contributed by atoms with Gasteiger partial charge in [0.05, 0.1) is 12.6 Å². The first-order valence-corrected chi connectivity index (χ1v) is 9.03. The zero-order valence-corrected chi connectivity index (χ0v) is 15.3. The van der Waals surface area contributed by atoms with Gasteiger partial charge in [0, 0.05) is 32.9 Å². The van der Waals surface area contributed by atoms with Crippen LogP contribution in [0.5, 0.6) is 0 Å². The van der Waals surface area contributed by atoms with Crippen molar-refractivity contribution in [2.75, 3.05) is 13.1 Å². The summed E-state index contributed by atoms with van der Waals surface area (Å²) in [5, 5.41) is 11.3. The molecule has 7 nitrogen and oxygen atoms in total. The largest absolute Gasteiger partial charge is 0.356 e. The van der Waals surface area contributed by atoms with E-state index in [1.54, 1.807) is 4.90 Å². The van der Waals surface area contributed by atoms with E-state index < -0.39 is 0 Å². The van der Waals surface area contributed by atoms with Crippen LogP contribution in [0.2, 0.25) is 0 Å². The Kier molecular flexibility index (Phi) is 5.65. The Bertz CT molecular complexity index is 771. The molecule has 7 heteroatoms. The number of benzene rings is 1. The second-order valence-corrected chi connectivity index (χ2v) is 6.74. The summed E-state index contributed by atoms with van der Waals surface area (Å²) in [7, 11) is 0. The number of nitrogens with zero attached hydrogens (tertiary/aromatic N) is 4. The maximum Gasteiger partial charge on any atom is 0.224 e. The SMILES string of the molecule is CC(=O)NCCC(=O)N1Cc2nnc(CCc3ccccc3)n2[C@@H](C)C1. The summed E-state index contributed by atoms with van der Waals surface area (Å²) in [5.41, 5.74) is 1.28. The number of carbonyl (C=O) groups excluding carboxylic acids is 2. The number of aromatic nitrogens is 3. The summed E-state index contributed by atoms with van der Waals surface area (Å²) < 4.78 is 2.17. The summed E-state index contributed by atoms with van der Waals surface area (Å²) >= 11 is 0. The average molecular weight is 355 g/mol. The molecular weight excluding hydrogens is 330 g/mol. The first-order valence-electron chi connectivity index (χ1n) is 9.03. The van der Waals surface area contributed by atoms with Crippen molar-refractivity contribution in [2.45, 2.75) is 45.7 Å². The smallest absolute Gasteiger partial charge is 0.224 e. The third kappa shape index (κ3) is 4.28. The van der Waals surface area contributed by atoms with E-state index in [-0.39, 0.29) is 17.9 Å². The molecule has 138 valence electrons. The second-order valence-electron chi connectivity index (χ2n) is 6.74. The van der Waals surface area contributed by atoms with Gasteiger partial charge in [0.25, 0.3) is 0 Å². The van der Waals surface area contributed by atoms with Crippen molar-refractivity contribution in [3.8, 4) is 0 Å². The monoisotopic (exact) mass is 355 g/mol. The lowest BCUT2D eigenvalue weighted by Crippen LogP contribution is -2.41. The van der Waals surface area contributed by atoms with Crippen molar-refractivity contribution >= 4 is 11.8 Å². The van der Waals surface area contributed by atoms with Crippen LogP contribution in [0.15, 0.2) is 30.3 Å². The molecule has 0 aliphatic carbocycles. The van der Waals surface area contributed by atoms with Gasteiger partial charge in [-0.1, -0.05) is 30.3 Å². The maximum absolute atomic E-state index is 12.4. The van der Waals surface area contributed by atoms with Crippen LogP contribution in [-0.2, 0) is 29.0 Å². The maximum atomic E-state index is 12.4. The van der Waals surface area contributed by atoms with Crippen LogP contribution >= 0.6 is 0 Å². The number of hydrogen-bond donors (Lipinski definition) is 1. The van der Waals surface area contributed by atoms with Crippen molar-refractivity contribution < 1.29 is 9.59 Å². The van der Waals surface area contributed by atoms with Gasteiger partial charge in [0.2, 0.25) is 11.8 Å². The number of rotatable bonds is 6. The molecule has 1 aromatic heterocycles. The van der Waals surface area contributed by atoms with E-state index in [2.05, 4.69) is 39.1 Å². The molecule has 1 aliphatic heterocycles. The van der Waals surface area contributed by atoms with Gasteiger partial charge in [0.15, 0.2) is 5.82 Å². The van der Waals surface area contributed by atoms with E-state index in [4.69, 9.17) is 0 Å². The fourth-order valence-corrected chi connectivity index (χ4v) is 3.38. The van der Waals surface area contributed by atoms with E-state index in [1.807, 2.05) is 18.2 Å². The number of aryl methyl sites for hydroxylation is 2. The lowest BCUT2D eigenvalue weighted by molar-refractivity contribution is -0.133. The van der Waals surface area contributed by atoms with E-state index in [0.717, 1.165) is 24.5 Å². The van der Waals surface area contributed by atoms with Gasteiger partial charge in [-0.15, -0.1) is 10.2 Å². The number of carbonyl (C=O) groups is 2. The standard InChI is InChI=1S/C19H25N5O2/c1-14-12-23(19(26)10-11-20-15(2)25)13-18-22-21-17(24(14)18)9-8-16-6-4-3-5-7-16/h3-7,14H,8-13H2,1-2H3,(H,20,25)/t14-/m0/s1. The molecular formula is C19H25N5O2. The molecule has 2 aromatic rings. The molecule has 2 heterocycles. The van der Waals surface area contributed by atoms with Crippen LogP contribution in [0.1, 0.15) is 43.5 Å². The van der Waals surface area contributed by atoms with Crippen LogP contribution in [0.3, 0.4) is 0 Å². The Labute approximate surface area is 153 Å². The van der Waals surface area contributed by atoms with Gasteiger partial charge in [-0.2, -0.15) is 0 Å². The second kappa shape index (κ2) is 8.12.